The maximum Gasteiger partial charge on any atom is 0.243 e. The molecule has 1 aliphatic rings. The molecule has 1 aromatic rings. The van der Waals surface area contributed by atoms with Gasteiger partial charge in [0.1, 0.15) is 0 Å². The Balaban J connectivity index is 2.28. The van der Waals surface area contributed by atoms with E-state index in [0.717, 1.165) is 4.90 Å². The first-order valence-electron chi connectivity index (χ1n) is 7.06. The first-order valence-corrected chi connectivity index (χ1v) is 9.48. The van der Waals surface area contributed by atoms with Crippen molar-refractivity contribution in [2.75, 3.05) is 44.8 Å². The molecule has 0 aromatic heterocycles. The van der Waals surface area contributed by atoms with Crippen LogP contribution in [0.4, 0.5) is 5.69 Å². The highest BCUT2D eigenvalue weighted by atomic mass is 32.2. The van der Waals surface area contributed by atoms with Crippen LogP contribution in [0.1, 0.15) is 6.92 Å². The van der Waals surface area contributed by atoms with Crippen molar-refractivity contribution in [3.05, 3.63) is 18.2 Å². The third kappa shape index (κ3) is 3.81. The van der Waals surface area contributed by atoms with Gasteiger partial charge in [-0.1, -0.05) is 6.92 Å². The molecule has 0 atom stereocenters. The van der Waals surface area contributed by atoms with Crippen LogP contribution in [0, 0.1) is 0 Å². The SMILES string of the molecule is CCN(CCN(C)C)S(=O)(=O)c1ccc2c(c1)NC(=O)CS2. The van der Waals surface area contributed by atoms with Gasteiger partial charge in [-0.15, -0.1) is 11.8 Å². The first kappa shape index (κ1) is 17.3. The molecule has 0 saturated carbocycles. The number of likely N-dealkylation sites (N-methyl/N-ethyl adjacent to an activating group) is 2. The van der Waals surface area contributed by atoms with E-state index in [9.17, 15) is 13.2 Å². The summed E-state index contributed by atoms with van der Waals surface area (Å²) in [7, 11) is 0.266. The number of sulfonamides is 1. The van der Waals surface area contributed by atoms with Crippen LogP contribution in [-0.2, 0) is 14.8 Å². The number of carbonyl (C=O) groups excluding carboxylic acids is 1. The van der Waals surface area contributed by atoms with Crippen LogP contribution in [0.5, 0.6) is 0 Å². The van der Waals surface area contributed by atoms with E-state index in [1.807, 2.05) is 25.9 Å². The molecular formula is C14H21N3O3S2. The average Bonchev–Trinajstić information content (AvgIpc) is 2.46. The molecule has 1 aliphatic heterocycles. The molecule has 8 heteroatoms. The predicted molar refractivity (Wildman–Crippen MR) is 88.8 cm³/mol. The highest BCUT2D eigenvalue weighted by Crippen LogP contribution is 2.33. The van der Waals surface area contributed by atoms with E-state index in [4.69, 9.17) is 0 Å². The standard InChI is InChI=1S/C14H21N3O3S2/c1-4-17(8-7-16(2)3)22(19,20)11-5-6-13-12(9-11)15-14(18)10-21-13/h5-6,9H,4,7-8,10H2,1-3H3,(H,15,18). The van der Waals surface area contributed by atoms with Gasteiger partial charge in [0.05, 0.1) is 16.3 Å². The lowest BCUT2D eigenvalue weighted by Gasteiger charge is -2.23. The molecule has 1 aromatic carbocycles. The van der Waals surface area contributed by atoms with Crippen molar-refractivity contribution in [3.8, 4) is 0 Å². The number of rotatable bonds is 6. The zero-order valence-electron chi connectivity index (χ0n) is 13.0. The predicted octanol–water partition coefficient (Wildman–Crippen LogP) is 1.30. The van der Waals surface area contributed by atoms with Gasteiger partial charge in [0.25, 0.3) is 0 Å². The molecular weight excluding hydrogens is 322 g/mol. The Bertz CT molecular complexity index is 659. The van der Waals surface area contributed by atoms with Gasteiger partial charge in [-0.2, -0.15) is 4.31 Å². The number of benzene rings is 1. The molecule has 1 N–H and O–H groups in total. The largest absolute Gasteiger partial charge is 0.324 e. The third-order valence-corrected chi connectivity index (χ3v) is 6.41. The van der Waals surface area contributed by atoms with Gasteiger partial charge >= 0.3 is 0 Å². The molecule has 0 saturated heterocycles. The summed E-state index contributed by atoms with van der Waals surface area (Å²) >= 11 is 1.42. The Labute approximate surface area is 135 Å². The lowest BCUT2D eigenvalue weighted by Crippen LogP contribution is -2.36. The minimum atomic E-state index is -3.55. The highest BCUT2D eigenvalue weighted by molar-refractivity contribution is 8.00. The van der Waals surface area contributed by atoms with E-state index in [1.54, 1.807) is 18.2 Å². The van der Waals surface area contributed by atoms with Crippen molar-refractivity contribution in [2.45, 2.75) is 16.7 Å². The normalized spacial score (nSPS) is 15.0. The smallest absolute Gasteiger partial charge is 0.243 e. The Hall–Kier alpha value is -1.09. The number of nitrogens with zero attached hydrogens (tertiary/aromatic N) is 2. The number of hydrogen-bond acceptors (Lipinski definition) is 5. The van der Waals surface area contributed by atoms with E-state index >= 15 is 0 Å². The molecule has 6 nitrogen and oxygen atoms in total. The van der Waals surface area contributed by atoms with Crippen LogP contribution in [0.25, 0.3) is 0 Å². The lowest BCUT2D eigenvalue weighted by molar-refractivity contribution is -0.113. The van der Waals surface area contributed by atoms with Crippen LogP contribution in [0.3, 0.4) is 0 Å². The second-order valence-corrected chi connectivity index (χ2v) is 8.25. The van der Waals surface area contributed by atoms with Gasteiger partial charge in [0.15, 0.2) is 0 Å². The molecule has 0 bridgehead atoms. The second kappa shape index (κ2) is 6.99. The number of hydrogen-bond donors (Lipinski definition) is 1. The molecule has 1 heterocycles. The van der Waals surface area contributed by atoms with Gasteiger partial charge in [0, 0.05) is 24.5 Å². The summed E-state index contributed by atoms with van der Waals surface area (Å²) in [6, 6.07) is 4.91. The quantitative estimate of drug-likeness (QED) is 0.843. The zero-order valence-corrected chi connectivity index (χ0v) is 14.6. The third-order valence-electron chi connectivity index (χ3n) is 3.37. The van der Waals surface area contributed by atoms with Crippen molar-refractivity contribution in [1.29, 1.82) is 0 Å². The Morgan fingerprint density at radius 1 is 1.27 bits per heavy atom. The van der Waals surface area contributed by atoms with Crippen LogP contribution < -0.4 is 5.32 Å². The summed E-state index contributed by atoms with van der Waals surface area (Å²) in [5.41, 5.74) is 0.575. The summed E-state index contributed by atoms with van der Waals surface area (Å²) < 4.78 is 26.9. The minimum absolute atomic E-state index is 0.105. The van der Waals surface area contributed by atoms with E-state index in [1.165, 1.54) is 16.1 Å². The van der Waals surface area contributed by atoms with Gasteiger partial charge in [0.2, 0.25) is 15.9 Å². The van der Waals surface area contributed by atoms with Crippen molar-refractivity contribution in [1.82, 2.24) is 9.21 Å². The van der Waals surface area contributed by atoms with E-state index in [2.05, 4.69) is 5.32 Å². The van der Waals surface area contributed by atoms with Crippen LogP contribution in [0.15, 0.2) is 28.0 Å². The molecule has 2 rings (SSSR count). The van der Waals surface area contributed by atoms with Crippen molar-refractivity contribution >= 4 is 33.4 Å². The Morgan fingerprint density at radius 3 is 2.64 bits per heavy atom. The van der Waals surface area contributed by atoms with Crippen molar-refractivity contribution in [3.63, 3.8) is 0 Å². The number of amides is 1. The summed E-state index contributed by atoms with van der Waals surface area (Å²) in [4.78, 5) is 14.5. The fraction of sp³-hybridized carbons (Fsp3) is 0.500. The molecule has 1 amide bonds. The molecule has 0 fully saturated rings. The maximum atomic E-state index is 12.7. The van der Waals surface area contributed by atoms with Crippen LogP contribution >= 0.6 is 11.8 Å². The van der Waals surface area contributed by atoms with Gasteiger partial charge in [-0.3, -0.25) is 4.79 Å². The summed E-state index contributed by atoms with van der Waals surface area (Å²) in [5.74, 6) is 0.259. The summed E-state index contributed by atoms with van der Waals surface area (Å²) in [6.07, 6.45) is 0. The number of anilines is 1. The highest BCUT2D eigenvalue weighted by Gasteiger charge is 2.25. The van der Waals surface area contributed by atoms with Crippen molar-refractivity contribution in [2.24, 2.45) is 0 Å². The number of fused-ring (bicyclic) bond motifs is 1. The molecule has 0 spiro atoms. The molecule has 0 unspecified atom stereocenters. The molecule has 122 valence electrons. The first-order chi connectivity index (χ1) is 10.3. The van der Waals surface area contributed by atoms with Gasteiger partial charge < -0.3 is 10.2 Å². The second-order valence-electron chi connectivity index (χ2n) is 5.29. The summed E-state index contributed by atoms with van der Waals surface area (Å²) in [5, 5.41) is 2.73. The lowest BCUT2D eigenvalue weighted by atomic mass is 10.3. The minimum Gasteiger partial charge on any atom is -0.324 e. The molecule has 0 aliphatic carbocycles. The molecule has 22 heavy (non-hydrogen) atoms. The fourth-order valence-corrected chi connectivity index (χ4v) is 4.39. The summed E-state index contributed by atoms with van der Waals surface area (Å²) in [6.45, 7) is 3.33. The fourth-order valence-electron chi connectivity index (χ4n) is 2.13. The van der Waals surface area contributed by atoms with E-state index < -0.39 is 10.0 Å². The number of carbonyl (C=O) groups is 1. The Morgan fingerprint density at radius 2 is 2.00 bits per heavy atom. The average molecular weight is 343 g/mol. The van der Waals surface area contributed by atoms with Gasteiger partial charge in [-0.25, -0.2) is 8.42 Å². The molecule has 0 radical (unpaired) electrons. The monoisotopic (exact) mass is 343 g/mol. The number of thioether (sulfide) groups is 1. The topological polar surface area (TPSA) is 69.7 Å². The zero-order chi connectivity index (χ0) is 16.3. The van der Waals surface area contributed by atoms with E-state index in [0.29, 0.717) is 31.1 Å². The number of nitrogens with one attached hydrogen (secondary N) is 1. The Kier molecular flexibility index (Phi) is 5.49. The van der Waals surface area contributed by atoms with E-state index in [-0.39, 0.29) is 10.8 Å². The van der Waals surface area contributed by atoms with Crippen LogP contribution in [0.2, 0.25) is 0 Å². The maximum absolute atomic E-state index is 12.7. The van der Waals surface area contributed by atoms with Crippen LogP contribution in [-0.4, -0.2) is 63.0 Å². The van der Waals surface area contributed by atoms with Gasteiger partial charge in [-0.05, 0) is 32.3 Å². The van der Waals surface area contributed by atoms with Crippen molar-refractivity contribution < 1.29 is 13.2 Å².